The van der Waals surface area contributed by atoms with Gasteiger partial charge in [-0.2, -0.15) is 0 Å². The normalized spacial score (nSPS) is 11.7. The van der Waals surface area contributed by atoms with Crippen molar-refractivity contribution in [2.45, 2.75) is 12.7 Å². The molecule has 0 aliphatic rings. The topological polar surface area (TPSA) is 67.8 Å². The lowest BCUT2D eigenvalue weighted by Gasteiger charge is -2.15. The van der Waals surface area contributed by atoms with E-state index in [1.807, 2.05) is 42.5 Å². The summed E-state index contributed by atoms with van der Waals surface area (Å²) in [7, 11) is 0. The first-order valence-electron chi connectivity index (χ1n) is 9.20. The first-order chi connectivity index (χ1) is 14.1. The smallest absolute Gasteiger partial charge is 0.259 e. The molecule has 0 aliphatic carbocycles. The molecular weight excluding hydrogens is 390 g/mol. The monoisotopic (exact) mass is 411 g/mol. The fraction of sp³-hybridized carbons (Fsp3) is 0.174. The van der Waals surface area contributed by atoms with Crippen LogP contribution in [-0.2, 0) is 11.3 Å². The minimum atomic E-state index is -0.826. The fourth-order valence-electron chi connectivity index (χ4n) is 2.63. The van der Waals surface area contributed by atoms with Gasteiger partial charge in [-0.1, -0.05) is 54.1 Å². The van der Waals surface area contributed by atoms with E-state index in [0.717, 1.165) is 5.56 Å². The van der Waals surface area contributed by atoms with Gasteiger partial charge in [-0.15, -0.1) is 0 Å². The molecule has 29 heavy (non-hydrogen) atoms. The fourth-order valence-corrected chi connectivity index (χ4v) is 2.75. The number of ether oxygens (including phenoxy) is 2. The molecule has 2 N–H and O–H groups in total. The van der Waals surface area contributed by atoms with E-state index in [2.05, 4.69) is 5.32 Å². The Kier molecular flexibility index (Phi) is 7.64. The SMILES string of the molecule is O=C(Nc1ccccc1)c1ccccc1OC[C@@H](O)COCc1ccc(Cl)cc1. The van der Waals surface area contributed by atoms with E-state index in [-0.39, 0.29) is 19.1 Å². The zero-order valence-corrected chi connectivity index (χ0v) is 16.5. The molecule has 0 fully saturated rings. The highest BCUT2D eigenvalue weighted by atomic mass is 35.5. The summed E-state index contributed by atoms with van der Waals surface area (Å²) in [5.41, 5.74) is 2.05. The van der Waals surface area contributed by atoms with Gasteiger partial charge in [-0.25, -0.2) is 0 Å². The van der Waals surface area contributed by atoms with Crippen LogP contribution < -0.4 is 10.1 Å². The number of amides is 1. The summed E-state index contributed by atoms with van der Waals surface area (Å²) in [5.74, 6) is 0.123. The van der Waals surface area contributed by atoms with Crippen LogP contribution in [-0.4, -0.2) is 30.3 Å². The van der Waals surface area contributed by atoms with Gasteiger partial charge in [-0.05, 0) is 42.0 Å². The van der Waals surface area contributed by atoms with Gasteiger partial charge >= 0.3 is 0 Å². The van der Waals surface area contributed by atoms with Crippen molar-refractivity contribution in [3.05, 3.63) is 95.0 Å². The average Bonchev–Trinajstić information content (AvgIpc) is 2.74. The Bertz CT molecular complexity index is 916. The lowest BCUT2D eigenvalue weighted by Crippen LogP contribution is -2.24. The van der Waals surface area contributed by atoms with Crippen molar-refractivity contribution >= 4 is 23.2 Å². The third-order valence-electron chi connectivity index (χ3n) is 4.09. The number of benzene rings is 3. The quantitative estimate of drug-likeness (QED) is 0.542. The predicted molar refractivity (Wildman–Crippen MR) is 113 cm³/mol. The van der Waals surface area contributed by atoms with Crippen LogP contribution in [0.25, 0.3) is 0 Å². The molecule has 5 nitrogen and oxygen atoms in total. The Labute approximate surface area is 174 Å². The molecule has 0 saturated heterocycles. The summed E-state index contributed by atoms with van der Waals surface area (Å²) >= 11 is 5.85. The van der Waals surface area contributed by atoms with Crippen LogP contribution in [0.15, 0.2) is 78.9 Å². The maximum atomic E-state index is 12.5. The molecule has 3 aromatic rings. The van der Waals surface area contributed by atoms with Gasteiger partial charge in [0.1, 0.15) is 18.5 Å². The second kappa shape index (κ2) is 10.6. The molecule has 0 spiro atoms. The number of halogens is 1. The highest BCUT2D eigenvalue weighted by Crippen LogP contribution is 2.20. The molecule has 3 rings (SSSR count). The van der Waals surface area contributed by atoms with E-state index in [0.29, 0.717) is 28.6 Å². The molecule has 0 saturated carbocycles. The summed E-state index contributed by atoms with van der Waals surface area (Å²) in [4.78, 5) is 12.5. The lowest BCUT2D eigenvalue weighted by molar-refractivity contribution is 0.00536. The van der Waals surface area contributed by atoms with Crippen LogP contribution in [0.2, 0.25) is 5.02 Å². The molecule has 3 aromatic carbocycles. The highest BCUT2D eigenvalue weighted by Gasteiger charge is 2.14. The van der Waals surface area contributed by atoms with Crippen molar-refractivity contribution in [1.82, 2.24) is 0 Å². The number of anilines is 1. The van der Waals surface area contributed by atoms with E-state index in [1.165, 1.54) is 0 Å². The number of carbonyl (C=O) groups is 1. The predicted octanol–water partition coefficient (Wildman–Crippen LogP) is 4.55. The van der Waals surface area contributed by atoms with E-state index in [4.69, 9.17) is 21.1 Å². The van der Waals surface area contributed by atoms with Gasteiger partial charge in [0, 0.05) is 10.7 Å². The molecule has 0 aromatic heterocycles. The van der Waals surface area contributed by atoms with Crippen molar-refractivity contribution in [1.29, 1.82) is 0 Å². The van der Waals surface area contributed by atoms with Crippen LogP contribution in [0.4, 0.5) is 5.69 Å². The number of aliphatic hydroxyl groups is 1. The zero-order chi connectivity index (χ0) is 20.5. The maximum absolute atomic E-state index is 12.5. The van der Waals surface area contributed by atoms with Gasteiger partial charge in [-0.3, -0.25) is 4.79 Å². The second-order valence-electron chi connectivity index (χ2n) is 6.42. The number of rotatable bonds is 9. The minimum Gasteiger partial charge on any atom is -0.490 e. The average molecular weight is 412 g/mol. The Morgan fingerprint density at radius 1 is 0.931 bits per heavy atom. The molecule has 0 unspecified atom stereocenters. The number of nitrogens with one attached hydrogen (secondary N) is 1. The first-order valence-corrected chi connectivity index (χ1v) is 9.58. The van der Waals surface area contributed by atoms with Gasteiger partial charge in [0.15, 0.2) is 0 Å². The summed E-state index contributed by atoms with van der Waals surface area (Å²) in [6.45, 7) is 0.488. The minimum absolute atomic E-state index is 0.0102. The molecule has 0 radical (unpaired) electrons. The van der Waals surface area contributed by atoms with Gasteiger partial charge < -0.3 is 19.9 Å². The van der Waals surface area contributed by atoms with Crippen molar-refractivity contribution < 1.29 is 19.4 Å². The van der Waals surface area contributed by atoms with E-state index >= 15 is 0 Å². The number of para-hydroxylation sites is 2. The molecule has 1 atom stereocenters. The summed E-state index contributed by atoms with van der Waals surface area (Å²) in [5, 5.41) is 13.6. The zero-order valence-electron chi connectivity index (χ0n) is 15.8. The summed E-state index contributed by atoms with van der Waals surface area (Å²) in [6.07, 6.45) is -0.826. The third-order valence-corrected chi connectivity index (χ3v) is 4.34. The molecule has 0 heterocycles. The largest absolute Gasteiger partial charge is 0.490 e. The van der Waals surface area contributed by atoms with E-state index < -0.39 is 6.10 Å². The van der Waals surface area contributed by atoms with Gasteiger partial charge in [0.25, 0.3) is 5.91 Å². The number of hydrogen-bond acceptors (Lipinski definition) is 4. The summed E-state index contributed by atoms with van der Waals surface area (Å²) < 4.78 is 11.2. The van der Waals surface area contributed by atoms with Crippen LogP contribution in [0, 0.1) is 0 Å². The van der Waals surface area contributed by atoms with Gasteiger partial charge in [0.05, 0.1) is 18.8 Å². The first kappa shape index (κ1) is 20.9. The van der Waals surface area contributed by atoms with E-state index in [1.54, 1.807) is 36.4 Å². The maximum Gasteiger partial charge on any atom is 0.259 e. The molecular formula is C23H22ClNO4. The lowest BCUT2D eigenvalue weighted by atomic mass is 10.2. The Balaban J connectivity index is 1.49. The third kappa shape index (κ3) is 6.61. The molecule has 1 amide bonds. The highest BCUT2D eigenvalue weighted by molar-refractivity contribution is 6.30. The Hall–Kier alpha value is -2.86. The number of aliphatic hydroxyl groups excluding tert-OH is 1. The summed E-state index contributed by atoms with van der Waals surface area (Å²) in [6, 6.07) is 23.4. The van der Waals surface area contributed by atoms with Crippen LogP contribution in [0.3, 0.4) is 0 Å². The van der Waals surface area contributed by atoms with E-state index in [9.17, 15) is 9.90 Å². The molecule has 0 aliphatic heterocycles. The second-order valence-corrected chi connectivity index (χ2v) is 6.86. The standard InChI is InChI=1S/C23H22ClNO4/c24-18-12-10-17(11-13-18)14-28-15-20(26)16-29-22-9-5-4-8-21(22)23(27)25-19-6-2-1-3-7-19/h1-13,20,26H,14-16H2,(H,25,27)/t20-/m0/s1. The van der Waals surface area contributed by atoms with Crippen molar-refractivity contribution in [3.63, 3.8) is 0 Å². The Morgan fingerprint density at radius 3 is 2.38 bits per heavy atom. The number of carbonyl (C=O) groups excluding carboxylic acids is 1. The van der Waals surface area contributed by atoms with Crippen molar-refractivity contribution in [2.24, 2.45) is 0 Å². The molecule has 0 bridgehead atoms. The van der Waals surface area contributed by atoms with Gasteiger partial charge in [0.2, 0.25) is 0 Å². The van der Waals surface area contributed by atoms with Crippen LogP contribution in [0.5, 0.6) is 5.75 Å². The molecule has 6 heteroatoms. The molecule has 150 valence electrons. The van der Waals surface area contributed by atoms with Crippen molar-refractivity contribution in [3.8, 4) is 5.75 Å². The Morgan fingerprint density at radius 2 is 1.62 bits per heavy atom. The number of hydrogen-bond donors (Lipinski definition) is 2. The van der Waals surface area contributed by atoms with Crippen molar-refractivity contribution in [2.75, 3.05) is 18.5 Å². The van der Waals surface area contributed by atoms with Crippen LogP contribution in [0.1, 0.15) is 15.9 Å². The van der Waals surface area contributed by atoms with Crippen LogP contribution >= 0.6 is 11.6 Å².